The fourth-order valence-electron chi connectivity index (χ4n) is 4.94. The fraction of sp³-hybridized carbons (Fsp3) is 0.333. The van der Waals surface area contributed by atoms with Crippen LogP contribution in [0.3, 0.4) is 0 Å². The maximum Gasteiger partial charge on any atom is 0.416 e. The SMILES string of the molecule is COc1ccc(-c2cc(CNC(=O)CC3CCN(Cc4ccn(-c5ccc(C(F)(F)F)cc5)c4)CC3)on2)cc1. The molecule has 7 nitrogen and oxygen atoms in total. The Morgan fingerprint density at radius 2 is 1.80 bits per heavy atom. The second-order valence-electron chi connectivity index (χ2n) is 10.1. The molecule has 0 bridgehead atoms. The van der Waals surface area contributed by atoms with E-state index in [2.05, 4.69) is 15.4 Å². The van der Waals surface area contributed by atoms with Gasteiger partial charge in [-0.15, -0.1) is 0 Å². The van der Waals surface area contributed by atoms with Gasteiger partial charge in [-0.05, 0) is 92.0 Å². The van der Waals surface area contributed by atoms with Crippen LogP contribution in [0.5, 0.6) is 5.75 Å². The number of amides is 1. The lowest BCUT2D eigenvalue weighted by Crippen LogP contribution is -2.35. The third kappa shape index (κ3) is 6.93. The van der Waals surface area contributed by atoms with Gasteiger partial charge in [0.1, 0.15) is 11.4 Å². The number of carbonyl (C=O) groups is 1. The Hall–Kier alpha value is -4.05. The van der Waals surface area contributed by atoms with E-state index >= 15 is 0 Å². The highest BCUT2D eigenvalue weighted by Crippen LogP contribution is 2.30. The van der Waals surface area contributed by atoms with Crippen LogP contribution >= 0.6 is 0 Å². The molecule has 0 aliphatic carbocycles. The minimum Gasteiger partial charge on any atom is -0.497 e. The van der Waals surface area contributed by atoms with Crippen molar-refractivity contribution in [2.45, 2.75) is 38.5 Å². The average Bonchev–Trinajstić information content (AvgIpc) is 3.63. The molecule has 0 atom stereocenters. The number of alkyl halides is 3. The zero-order chi connectivity index (χ0) is 28.1. The van der Waals surface area contributed by atoms with E-state index in [1.54, 1.807) is 7.11 Å². The summed E-state index contributed by atoms with van der Waals surface area (Å²) in [5.41, 5.74) is 2.74. The first kappa shape index (κ1) is 27.5. The molecule has 0 radical (unpaired) electrons. The molecule has 1 aliphatic heterocycles. The van der Waals surface area contributed by atoms with E-state index in [0.717, 1.165) is 61.5 Å². The molecule has 1 amide bonds. The monoisotopic (exact) mass is 552 g/mol. The number of carbonyl (C=O) groups excluding carboxylic acids is 1. The number of ether oxygens (including phenoxy) is 1. The number of methoxy groups -OCH3 is 1. The maximum absolute atomic E-state index is 12.8. The first-order valence-corrected chi connectivity index (χ1v) is 13.2. The van der Waals surface area contributed by atoms with Gasteiger partial charge in [0.15, 0.2) is 5.76 Å². The van der Waals surface area contributed by atoms with E-state index in [1.165, 1.54) is 12.1 Å². The van der Waals surface area contributed by atoms with Gasteiger partial charge in [-0.25, -0.2) is 0 Å². The third-order valence-electron chi connectivity index (χ3n) is 7.24. The van der Waals surface area contributed by atoms with Gasteiger partial charge < -0.3 is 19.1 Å². The first-order valence-electron chi connectivity index (χ1n) is 13.2. The van der Waals surface area contributed by atoms with Crippen LogP contribution in [0.4, 0.5) is 13.2 Å². The van der Waals surface area contributed by atoms with Gasteiger partial charge in [0.2, 0.25) is 5.91 Å². The molecule has 1 fully saturated rings. The minimum atomic E-state index is -4.34. The smallest absolute Gasteiger partial charge is 0.416 e. The predicted octanol–water partition coefficient (Wildman–Crippen LogP) is 6.08. The van der Waals surface area contributed by atoms with E-state index in [1.807, 2.05) is 53.4 Å². The molecule has 4 aromatic rings. The number of hydrogen-bond acceptors (Lipinski definition) is 5. The molecular formula is C30H31F3N4O3. The van der Waals surface area contributed by atoms with Crippen molar-refractivity contribution in [2.24, 2.45) is 5.92 Å². The molecule has 1 N–H and O–H groups in total. The molecule has 1 saturated heterocycles. The summed E-state index contributed by atoms with van der Waals surface area (Å²) in [6.07, 6.45) is 1.80. The normalized spacial score (nSPS) is 14.8. The standard InChI is InChI=1S/C30H31F3N4O3/c1-39-26-8-2-23(3-9-26)28-17-27(40-35-28)18-34-29(38)16-21-10-13-36(14-11-21)19-22-12-15-37(20-22)25-6-4-24(5-7-25)30(31,32)33/h2-9,12,15,17,20-21H,10-11,13-14,16,18-19H2,1H3,(H,34,38). The Morgan fingerprint density at radius 1 is 1.07 bits per heavy atom. The number of likely N-dealkylation sites (tertiary alicyclic amines) is 1. The van der Waals surface area contributed by atoms with Crippen molar-refractivity contribution in [3.63, 3.8) is 0 Å². The number of hydrogen-bond donors (Lipinski definition) is 1. The number of nitrogens with zero attached hydrogens (tertiary/aromatic N) is 3. The predicted molar refractivity (Wildman–Crippen MR) is 144 cm³/mol. The Morgan fingerprint density at radius 3 is 2.48 bits per heavy atom. The van der Waals surface area contributed by atoms with Crippen LogP contribution in [0.1, 0.15) is 36.1 Å². The van der Waals surface area contributed by atoms with Crippen molar-refractivity contribution >= 4 is 5.91 Å². The quantitative estimate of drug-likeness (QED) is 0.273. The highest BCUT2D eigenvalue weighted by atomic mass is 19.4. The third-order valence-corrected chi connectivity index (χ3v) is 7.24. The number of piperidine rings is 1. The van der Waals surface area contributed by atoms with Gasteiger partial charge in [0, 0.05) is 42.7 Å². The van der Waals surface area contributed by atoms with Crippen molar-refractivity contribution in [3.05, 3.63) is 89.9 Å². The molecule has 5 rings (SSSR count). The molecule has 210 valence electrons. The molecule has 40 heavy (non-hydrogen) atoms. The summed E-state index contributed by atoms with van der Waals surface area (Å²) in [6.45, 7) is 2.82. The Kier molecular flexibility index (Phi) is 8.25. The molecule has 0 saturated carbocycles. The van der Waals surface area contributed by atoms with Crippen LogP contribution in [-0.2, 0) is 24.1 Å². The molecule has 0 spiro atoms. The van der Waals surface area contributed by atoms with Crippen molar-refractivity contribution in [1.29, 1.82) is 0 Å². The van der Waals surface area contributed by atoms with Gasteiger partial charge >= 0.3 is 6.18 Å². The summed E-state index contributed by atoms with van der Waals surface area (Å²) < 4.78 is 50.9. The molecule has 0 unspecified atom stereocenters. The zero-order valence-electron chi connectivity index (χ0n) is 22.2. The van der Waals surface area contributed by atoms with Gasteiger partial charge in [-0.3, -0.25) is 9.69 Å². The molecule has 10 heteroatoms. The van der Waals surface area contributed by atoms with E-state index in [9.17, 15) is 18.0 Å². The summed E-state index contributed by atoms with van der Waals surface area (Å²) >= 11 is 0. The molecule has 2 aromatic heterocycles. The lowest BCUT2D eigenvalue weighted by atomic mass is 9.93. The Balaban J connectivity index is 1.04. The zero-order valence-corrected chi connectivity index (χ0v) is 22.2. The van der Waals surface area contributed by atoms with Crippen LogP contribution in [0.2, 0.25) is 0 Å². The molecule has 3 heterocycles. The van der Waals surface area contributed by atoms with Gasteiger partial charge in [-0.1, -0.05) is 5.16 Å². The molecule has 2 aromatic carbocycles. The number of aromatic nitrogens is 2. The van der Waals surface area contributed by atoms with Gasteiger partial charge in [-0.2, -0.15) is 13.2 Å². The maximum atomic E-state index is 12.8. The van der Waals surface area contributed by atoms with E-state index in [0.29, 0.717) is 29.5 Å². The van der Waals surface area contributed by atoms with Crippen LogP contribution in [-0.4, -0.2) is 40.7 Å². The largest absolute Gasteiger partial charge is 0.497 e. The van der Waals surface area contributed by atoms with Gasteiger partial charge in [0.25, 0.3) is 0 Å². The summed E-state index contributed by atoms with van der Waals surface area (Å²) in [4.78, 5) is 14.9. The Bertz CT molecular complexity index is 1400. The highest BCUT2D eigenvalue weighted by Gasteiger charge is 2.30. The van der Waals surface area contributed by atoms with Crippen molar-refractivity contribution in [1.82, 2.24) is 19.9 Å². The minimum absolute atomic E-state index is 0.00512. The molecule has 1 aliphatic rings. The van der Waals surface area contributed by atoms with E-state index < -0.39 is 11.7 Å². The van der Waals surface area contributed by atoms with Crippen LogP contribution < -0.4 is 10.1 Å². The summed E-state index contributed by atoms with van der Waals surface area (Å²) in [7, 11) is 1.62. The average molecular weight is 553 g/mol. The van der Waals surface area contributed by atoms with Crippen LogP contribution in [0, 0.1) is 5.92 Å². The number of halogens is 3. The van der Waals surface area contributed by atoms with Crippen LogP contribution in [0.15, 0.2) is 77.6 Å². The van der Waals surface area contributed by atoms with Crippen LogP contribution in [0.25, 0.3) is 16.9 Å². The van der Waals surface area contributed by atoms with Crippen molar-refractivity contribution in [2.75, 3.05) is 20.2 Å². The molecular weight excluding hydrogens is 521 g/mol. The second kappa shape index (κ2) is 12.0. The van der Waals surface area contributed by atoms with Gasteiger partial charge in [0.05, 0.1) is 19.2 Å². The number of nitrogens with one attached hydrogen (secondary N) is 1. The highest BCUT2D eigenvalue weighted by molar-refractivity contribution is 5.76. The van der Waals surface area contributed by atoms with E-state index in [-0.39, 0.29) is 12.5 Å². The van der Waals surface area contributed by atoms with Crippen molar-refractivity contribution in [3.8, 4) is 22.7 Å². The van der Waals surface area contributed by atoms with Crippen molar-refractivity contribution < 1.29 is 27.2 Å². The number of benzene rings is 2. The second-order valence-corrected chi connectivity index (χ2v) is 10.1. The lowest BCUT2D eigenvalue weighted by molar-refractivity contribution is -0.137. The van der Waals surface area contributed by atoms with E-state index in [4.69, 9.17) is 9.26 Å². The topological polar surface area (TPSA) is 72.5 Å². The summed E-state index contributed by atoms with van der Waals surface area (Å²) in [6, 6.07) is 16.5. The fourth-order valence-corrected chi connectivity index (χ4v) is 4.94. The lowest BCUT2D eigenvalue weighted by Gasteiger charge is -2.31. The Labute approximate surface area is 230 Å². The summed E-state index contributed by atoms with van der Waals surface area (Å²) in [5.74, 6) is 1.67. The summed E-state index contributed by atoms with van der Waals surface area (Å²) in [5, 5.41) is 7.03. The first-order chi connectivity index (χ1) is 19.3. The number of rotatable bonds is 9.